The standard InChI is InChI=1S/C20H15ClN4O3S3/c21-12-1-4-14(5-2-12)28-10-17(26)23-13-3-6-15-16(9-13)31-20(24-15)30-11-18(27)25-19-22-7-8-29-19/h1-9H,10-11H2,(H,23,26)(H,22,25,27). The van der Waals surface area contributed by atoms with Gasteiger partial charge in [-0.15, -0.1) is 22.7 Å². The van der Waals surface area contributed by atoms with Gasteiger partial charge in [0.05, 0.1) is 16.0 Å². The molecule has 2 heterocycles. The largest absolute Gasteiger partial charge is 0.484 e. The summed E-state index contributed by atoms with van der Waals surface area (Å²) < 4.78 is 7.15. The van der Waals surface area contributed by atoms with Gasteiger partial charge >= 0.3 is 0 Å². The molecular weight excluding hydrogens is 476 g/mol. The molecule has 0 spiro atoms. The molecule has 0 bridgehead atoms. The Morgan fingerprint density at radius 1 is 1.10 bits per heavy atom. The van der Waals surface area contributed by atoms with Crippen LogP contribution in [0.15, 0.2) is 58.4 Å². The molecule has 2 amide bonds. The second-order valence-corrected chi connectivity index (χ2v) is 9.71. The molecule has 0 saturated heterocycles. The predicted molar refractivity (Wildman–Crippen MR) is 127 cm³/mol. The maximum absolute atomic E-state index is 12.2. The number of amides is 2. The quantitative estimate of drug-likeness (QED) is 0.331. The number of carbonyl (C=O) groups excluding carboxylic acids is 2. The fourth-order valence-electron chi connectivity index (χ4n) is 2.49. The van der Waals surface area contributed by atoms with Crippen LogP contribution < -0.4 is 15.4 Å². The molecule has 4 aromatic rings. The first-order chi connectivity index (χ1) is 15.0. The maximum atomic E-state index is 12.2. The van der Waals surface area contributed by atoms with Crippen molar-refractivity contribution in [1.29, 1.82) is 0 Å². The van der Waals surface area contributed by atoms with Gasteiger partial charge in [-0.05, 0) is 42.5 Å². The Labute approximate surface area is 194 Å². The van der Waals surface area contributed by atoms with E-state index in [9.17, 15) is 9.59 Å². The number of anilines is 2. The average molecular weight is 491 g/mol. The Bertz CT molecular complexity index is 1200. The van der Waals surface area contributed by atoms with E-state index in [0.29, 0.717) is 21.6 Å². The summed E-state index contributed by atoms with van der Waals surface area (Å²) in [5.74, 6) is 0.406. The Kier molecular flexibility index (Phi) is 7.03. The van der Waals surface area contributed by atoms with Gasteiger partial charge in [0.2, 0.25) is 5.91 Å². The third-order valence-electron chi connectivity index (χ3n) is 3.84. The summed E-state index contributed by atoms with van der Waals surface area (Å²) in [6.45, 7) is -0.113. The molecule has 2 aromatic heterocycles. The van der Waals surface area contributed by atoms with Gasteiger partial charge < -0.3 is 15.4 Å². The number of halogens is 1. The van der Waals surface area contributed by atoms with Crippen molar-refractivity contribution in [2.75, 3.05) is 23.0 Å². The molecule has 7 nitrogen and oxygen atoms in total. The first-order valence-corrected chi connectivity index (χ1v) is 12.0. The number of hydrogen-bond donors (Lipinski definition) is 2. The second-order valence-electron chi connectivity index (χ2n) is 6.13. The molecule has 0 saturated carbocycles. The van der Waals surface area contributed by atoms with Gasteiger partial charge in [-0.25, -0.2) is 9.97 Å². The lowest BCUT2D eigenvalue weighted by molar-refractivity contribution is -0.118. The van der Waals surface area contributed by atoms with Crippen LogP contribution in [-0.2, 0) is 9.59 Å². The number of rotatable bonds is 8. The van der Waals surface area contributed by atoms with Crippen LogP contribution in [0.3, 0.4) is 0 Å². The molecule has 0 fully saturated rings. The fraction of sp³-hybridized carbons (Fsp3) is 0.100. The van der Waals surface area contributed by atoms with E-state index in [2.05, 4.69) is 20.6 Å². The number of fused-ring (bicyclic) bond motifs is 1. The van der Waals surface area contributed by atoms with Crippen LogP contribution in [0, 0.1) is 0 Å². The highest BCUT2D eigenvalue weighted by molar-refractivity contribution is 8.01. The third kappa shape index (κ3) is 6.17. The monoisotopic (exact) mass is 490 g/mol. The Hall–Kier alpha value is -2.66. The molecular formula is C20H15ClN4O3S3. The van der Waals surface area contributed by atoms with E-state index < -0.39 is 0 Å². The van der Waals surface area contributed by atoms with Crippen molar-refractivity contribution in [2.45, 2.75) is 4.34 Å². The Balaban J connectivity index is 1.31. The fourth-order valence-corrected chi connectivity index (χ4v) is 5.07. The van der Waals surface area contributed by atoms with Crippen molar-refractivity contribution < 1.29 is 14.3 Å². The normalized spacial score (nSPS) is 10.7. The van der Waals surface area contributed by atoms with Crippen molar-refractivity contribution in [1.82, 2.24) is 9.97 Å². The predicted octanol–water partition coefficient (Wildman–Crippen LogP) is 5.15. The molecule has 0 unspecified atom stereocenters. The van der Waals surface area contributed by atoms with Crippen LogP contribution >= 0.6 is 46.0 Å². The van der Waals surface area contributed by atoms with E-state index in [1.54, 1.807) is 41.9 Å². The minimum atomic E-state index is -0.271. The molecule has 4 rings (SSSR count). The summed E-state index contributed by atoms with van der Waals surface area (Å²) in [5, 5.41) is 8.54. The van der Waals surface area contributed by atoms with Gasteiger partial charge in [-0.3, -0.25) is 9.59 Å². The zero-order chi connectivity index (χ0) is 21.6. The molecule has 11 heteroatoms. The summed E-state index contributed by atoms with van der Waals surface area (Å²) >= 11 is 10.0. The van der Waals surface area contributed by atoms with Gasteiger partial charge in [0.1, 0.15) is 5.75 Å². The van der Waals surface area contributed by atoms with E-state index in [1.165, 1.54) is 34.4 Å². The van der Waals surface area contributed by atoms with Crippen LogP contribution in [0.5, 0.6) is 5.75 Å². The minimum Gasteiger partial charge on any atom is -0.484 e. The molecule has 2 N–H and O–H groups in total. The third-order valence-corrected chi connectivity index (χ3v) is 6.94. The number of ether oxygens (including phenoxy) is 1. The average Bonchev–Trinajstić information content (AvgIpc) is 3.41. The number of carbonyl (C=O) groups is 2. The van der Waals surface area contributed by atoms with Crippen molar-refractivity contribution in [2.24, 2.45) is 0 Å². The Morgan fingerprint density at radius 3 is 2.71 bits per heavy atom. The van der Waals surface area contributed by atoms with Crippen LogP contribution in [0.4, 0.5) is 10.8 Å². The van der Waals surface area contributed by atoms with Crippen molar-refractivity contribution in [3.8, 4) is 5.75 Å². The van der Waals surface area contributed by atoms with Gasteiger partial charge in [-0.1, -0.05) is 23.4 Å². The minimum absolute atomic E-state index is 0.113. The van der Waals surface area contributed by atoms with Gasteiger partial charge in [0, 0.05) is 22.3 Å². The van der Waals surface area contributed by atoms with E-state index in [-0.39, 0.29) is 24.2 Å². The molecule has 31 heavy (non-hydrogen) atoms. The summed E-state index contributed by atoms with van der Waals surface area (Å²) in [6.07, 6.45) is 1.64. The number of nitrogens with zero attached hydrogens (tertiary/aromatic N) is 2. The van der Waals surface area contributed by atoms with Crippen molar-refractivity contribution in [3.05, 3.63) is 59.1 Å². The van der Waals surface area contributed by atoms with E-state index in [1.807, 2.05) is 12.1 Å². The number of aromatic nitrogens is 2. The molecule has 158 valence electrons. The van der Waals surface area contributed by atoms with Crippen LogP contribution in [0.1, 0.15) is 0 Å². The van der Waals surface area contributed by atoms with E-state index in [4.69, 9.17) is 16.3 Å². The topological polar surface area (TPSA) is 93.2 Å². The molecule has 0 aliphatic heterocycles. The van der Waals surface area contributed by atoms with Crippen molar-refractivity contribution in [3.63, 3.8) is 0 Å². The number of thioether (sulfide) groups is 1. The van der Waals surface area contributed by atoms with Crippen LogP contribution in [0.25, 0.3) is 10.2 Å². The van der Waals surface area contributed by atoms with Crippen molar-refractivity contribution >= 4 is 78.9 Å². The van der Waals surface area contributed by atoms with Crippen LogP contribution in [0.2, 0.25) is 5.02 Å². The summed E-state index contributed by atoms with van der Waals surface area (Å²) in [7, 11) is 0. The molecule has 0 aliphatic carbocycles. The second kappa shape index (κ2) is 10.1. The lowest BCUT2D eigenvalue weighted by Gasteiger charge is -2.07. The summed E-state index contributed by atoms with van der Waals surface area (Å²) in [5.41, 5.74) is 1.46. The first-order valence-electron chi connectivity index (χ1n) is 8.96. The summed E-state index contributed by atoms with van der Waals surface area (Å²) in [6, 6.07) is 12.3. The van der Waals surface area contributed by atoms with Gasteiger partial charge in [0.25, 0.3) is 5.91 Å². The van der Waals surface area contributed by atoms with E-state index >= 15 is 0 Å². The van der Waals surface area contributed by atoms with Crippen LogP contribution in [-0.4, -0.2) is 34.1 Å². The Morgan fingerprint density at radius 2 is 1.94 bits per heavy atom. The zero-order valence-electron chi connectivity index (χ0n) is 15.8. The molecule has 0 atom stereocenters. The first kappa shape index (κ1) is 21.6. The number of benzene rings is 2. The van der Waals surface area contributed by atoms with E-state index in [0.717, 1.165) is 14.6 Å². The number of hydrogen-bond acceptors (Lipinski definition) is 8. The SMILES string of the molecule is O=C(COc1ccc(Cl)cc1)Nc1ccc2nc(SCC(=O)Nc3nccs3)sc2c1. The number of nitrogens with one attached hydrogen (secondary N) is 2. The maximum Gasteiger partial charge on any atom is 0.262 e. The molecule has 0 radical (unpaired) electrons. The van der Waals surface area contributed by atoms with Gasteiger partial charge in [-0.2, -0.15) is 0 Å². The van der Waals surface area contributed by atoms with Gasteiger partial charge in [0.15, 0.2) is 16.1 Å². The summed E-state index contributed by atoms with van der Waals surface area (Å²) in [4.78, 5) is 32.7. The molecule has 2 aromatic carbocycles. The highest BCUT2D eigenvalue weighted by Gasteiger charge is 2.11. The molecule has 0 aliphatic rings. The highest BCUT2D eigenvalue weighted by Crippen LogP contribution is 2.31. The zero-order valence-corrected chi connectivity index (χ0v) is 19.0. The lowest BCUT2D eigenvalue weighted by Crippen LogP contribution is -2.20. The lowest BCUT2D eigenvalue weighted by atomic mass is 10.3. The smallest absolute Gasteiger partial charge is 0.262 e. The number of thiazole rings is 2. The highest BCUT2D eigenvalue weighted by atomic mass is 35.5.